The summed E-state index contributed by atoms with van der Waals surface area (Å²) in [5, 5.41) is 5.00. The molecule has 0 atom stereocenters. The molecule has 0 aliphatic rings. The van der Waals surface area contributed by atoms with E-state index in [9.17, 15) is 4.79 Å². The van der Waals surface area contributed by atoms with Gasteiger partial charge in [0.05, 0.1) is 16.9 Å². The maximum absolute atomic E-state index is 12.4. The van der Waals surface area contributed by atoms with E-state index in [-0.39, 0.29) is 5.91 Å². The van der Waals surface area contributed by atoms with E-state index < -0.39 is 0 Å². The Hall–Kier alpha value is -3.25. The molecule has 6 heteroatoms. The van der Waals surface area contributed by atoms with Crippen LogP contribution >= 0.6 is 11.3 Å². The molecule has 3 heterocycles. The van der Waals surface area contributed by atoms with Crippen molar-refractivity contribution < 1.29 is 4.79 Å². The van der Waals surface area contributed by atoms with Gasteiger partial charge >= 0.3 is 0 Å². The molecule has 134 valence electrons. The molecule has 0 unspecified atom stereocenters. The molecule has 0 saturated heterocycles. The molecule has 0 spiro atoms. The number of thiophene rings is 1. The summed E-state index contributed by atoms with van der Waals surface area (Å²) in [6, 6.07) is 15.6. The second-order valence-corrected chi connectivity index (χ2v) is 7.09. The smallest absolute Gasteiger partial charge is 0.251 e. The quantitative estimate of drug-likeness (QED) is 0.555. The number of nitrogens with one attached hydrogen (secondary N) is 1. The Balaban J connectivity index is 1.37. The van der Waals surface area contributed by atoms with Gasteiger partial charge in [0.15, 0.2) is 0 Å². The predicted octanol–water partition coefficient (Wildman–Crippen LogP) is 3.98. The zero-order chi connectivity index (χ0) is 18.5. The number of carbonyl (C=O) groups is 1. The van der Waals surface area contributed by atoms with E-state index in [1.807, 2.05) is 64.7 Å². The molecule has 0 saturated carbocycles. The standard InChI is InChI=1S/C21H18N4OS/c26-21(18-5-3-16(4-6-18)14-25-10-9-22-15-25)24-13-17-7-8-23-19(12-17)20-2-1-11-27-20/h1-12,15H,13-14H2,(H,24,26). The van der Waals surface area contributed by atoms with Crippen molar-refractivity contribution in [3.8, 4) is 10.6 Å². The van der Waals surface area contributed by atoms with Crippen LogP contribution in [0.3, 0.4) is 0 Å². The topological polar surface area (TPSA) is 59.8 Å². The van der Waals surface area contributed by atoms with Crippen LogP contribution in [0.5, 0.6) is 0 Å². The predicted molar refractivity (Wildman–Crippen MR) is 106 cm³/mol. The van der Waals surface area contributed by atoms with Gasteiger partial charge in [0, 0.05) is 37.2 Å². The number of imidazole rings is 1. The first-order valence-corrected chi connectivity index (χ1v) is 9.47. The number of carbonyl (C=O) groups excluding carboxylic acids is 1. The summed E-state index contributed by atoms with van der Waals surface area (Å²) in [4.78, 5) is 22.0. The van der Waals surface area contributed by atoms with Gasteiger partial charge in [-0.05, 0) is 46.8 Å². The second kappa shape index (κ2) is 7.97. The van der Waals surface area contributed by atoms with Crippen molar-refractivity contribution in [3.63, 3.8) is 0 Å². The average Bonchev–Trinajstić information content (AvgIpc) is 3.41. The Morgan fingerprint density at radius 1 is 1.07 bits per heavy atom. The van der Waals surface area contributed by atoms with E-state index in [1.165, 1.54) is 0 Å². The number of hydrogen-bond acceptors (Lipinski definition) is 4. The summed E-state index contributed by atoms with van der Waals surface area (Å²) in [6.45, 7) is 1.21. The van der Waals surface area contributed by atoms with Gasteiger partial charge in [-0.25, -0.2) is 4.98 Å². The second-order valence-electron chi connectivity index (χ2n) is 6.14. The van der Waals surface area contributed by atoms with Crippen molar-refractivity contribution in [2.45, 2.75) is 13.1 Å². The van der Waals surface area contributed by atoms with Gasteiger partial charge in [-0.2, -0.15) is 0 Å². The number of hydrogen-bond donors (Lipinski definition) is 1. The highest BCUT2D eigenvalue weighted by atomic mass is 32.1. The van der Waals surface area contributed by atoms with Crippen molar-refractivity contribution >= 4 is 17.2 Å². The number of nitrogens with zero attached hydrogens (tertiary/aromatic N) is 3. The minimum atomic E-state index is -0.0846. The highest BCUT2D eigenvalue weighted by Crippen LogP contribution is 2.23. The molecule has 0 bridgehead atoms. The molecule has 1 amide bonds. The first-order valence-electron chi connectivity index (χ1n) is 8.59. The van der Waals surface area contributed by atoms with Gasteiger partial charge in [-0.1, -0.05) is 18.2 Å². The Labute approximate surface area is 161 Å². The highest BCUT2D eigenvalue weighted by Gasteiger charge is 2.07. The van der Waals surface area contributed by atoms with Gasteiger partial charge < -0.3 is 9.88 Å². The normalized spacial score (nSPS) is 10.7. The zero-order valence-corrected chi connectivity index (χ0v) is 15.4. The van der Waals surface area contributed by atoms with Crippen LogP contribution in [0.1, 0.15) is 21.5 Å². The molecule has 0 radical (unpaired) electrons. The lowest BCUT2D eigenvalue weighted by Crippen LogP contribution is -2.22. The number of rotatable bonds is 6. The van der Waals surface area contributed by atoms with Crippen LogP contribution in [0.4, 0.5) is 0 Å². The van der Waals surface area contributed by atoms with E-state index in [2.05, 4.69) is 15.3 Å². The molecule has 27 heavy (non-hydrogen) atoms. The minimum absolute atomic E-state index is 0.0846. The maximum Gasteiger partial charge on any atom is 0.251 e. The molecular weight excluding hydrogens is 356 g/mol. The lowest BCUT2D eigenvalue weighted by atomic mass is 10.1. The number of aromatic nitrogens is 3. The van der Waals surface area contributed by atoms with Crippen molar-refractivity contribution in [1.29, 1.82) is 0 Å². The first-order chi connectivity index (χ1) is 13.3. The van der Waals surface area contributed by atoms with Crippen LogP contribution in [0.2, 0.25) is 0 Å². The summed E-state index contributed by atoms with van der Waals surface area (Å²) in [6.07, 6.45) is 7.23. The SMILES string of the molecule is O=C(NCc1ccnc(-c2cccs2)c1)c1ccc(Cn2ccnc2)cc1. The summed E-state index contributed by atoms with van der Waals surface area (Å²) >= 11 is 1.65. The van der Waals surface area contributed by atoms with E-state index >= 15 is 0 Å². The van der Waals surface area contributed by atoms with Crippen LogP contribution in [0.15, 0.2) is 78.8 Å². The van der Waals surface area contributed by atoms with Crippen molar-refractivity contribution in [2.75, 3.05) is 0 Å². The molecule has 4 aromatic rings. The summed E-state index contributed by atoms with van der Waals surface area (Å²) in [5.74, 6) is -0.0846. The van der Waals surface area contributed by atoms with Gasteiger partial charge in [-0.3, -0.25) is 9.78 Å². The molecule has 0 fully saturated rings. The molecule has 5 nitrogen and oxygen atoms in total. The molecule has 0 aliphatic carbocycles. The van der Waals surface area contributed by atoms with Gasteiger partial charge in [0.1, 0.15) is 0 Å². The first kappa shape index (κ1) is 17.2. The van der Waals surface area contributed by atoms with Crippen LogP contribution in [-0.4, -0.2) is 20.4 Å². The molecule has 1 N–H and O–H groups in total. The fourth-order valence-electron chi connectivity index (χ4n) is 2.78. The zero-order valence-electron chi connectivity index (χ0n) is 14.6. The lowest BCUT2D eigenvalue weighted by molar-refractivity contribution is 0.0951. The number of pyridine rings is 1. The van der Waals surface area contributed by atoms with Crippen LogP contribution in [0, 0.1) is 0 Å². The fourth-order valence-corrected chi connectivity index (χ4v) is 3.47. The summed E-state index contributed by atoms with van der Waals surface area (Å²) < 4.78 is 1.99. The van der Waals surface area contributed by atoms with E-state index in [4.69, 9.17) is 0 Å². The van der Waals surface area contributed by atoms with Crippen LogP contribution in [-0.2, 0) is 13.1 Å². The summed E-state index contributed by atoms with van der Waals surface area (Å²) in [5.41, 5.74) is 3.73. The van der Waals surface area contributed by atoms with Crippen molar-refractivity contribution in [2.24, 2.45) is 0 Å². The van der Waals surface area contributed by atoms with E-state index in [0.29, 0.717) is 12.1 Å². The molecule has 4 rings (SSSR count). The maximum atomic E-state index is 12.4. The minimum Gasteiger partial charge on any atom is -0.348 e. The number of amides is 1. The third kappa shape index (κ3) is 4.30. The lowest BCUT2D eigenvalue weighted by Gasteiger charge is -2.08. The van der Waals surface area contributed by atoms with Crippen molar-refractivity contribution in [3.05, 3.63) is 95.5 Å². The largest absolute Gasteiger partial charge is 0.348 e. The summed E-state index contributed by atoms with van der Waals surface area (Å²) in [7, 11) is 0. The molecule has 0 aliphatic heterocycles. The van der Waals surface area contributed by atoms with Crippen LogP contribution in [0.25, 0.3) is 10.6 Å². The Bertz CT molecular complexity index is 1010. The third-order valence-electron chi connectivity index (χ3n) is 4.19. The molecule has 1 aromatic carbocycles. The van der Waals surface area contributed by atoms with E-state index in [0.717, 1.165) is 28.2 Å². The Morgan fingerprint density at radius 3 is 2.70 bits per heavy atom. The molecule has 3 aromatic heterocycles. The van der Waals surface area contributed by atoms with E-state index in [1.54, 1.807) is 30.1 Å². The fraction of sp³-hybridized carbons (Fsp3) is 0.0952. The van der Waals surface area contributed by atoms with Gasteiger partial charge in [0.2, 0.25) is 0 Å². The highest BCUT2D eigenvalue weighted by molar-refractivity contribution is 7.13. The number of benzene rings is 1. The Kier molecular flexibility index (Phi) is 5.07. The molecular formula is C21H18N4OS. The monoisotopic (exact) mass is 374 g/mol. The van der Waals surface area contributed by atoms with Gasteiger partial charge in [0.25, 0.3) is 5.91 Å². The third-order valence-corrected chi connectivity index (χ3v) is 5.08. The average molecular weight is 374 g/mol. The Morgan fingerprint density at radius 2 is 1.96 bits per heavy atom. The van der Waals surface area contributed by atoms with Crippen LogP contribution < -0.4 is 5.32 Å². The van der Waals surface area contributed by atoms with Crippen molar-refractivity contribution in [1.82, 2.24) is 19.9 Å². The van der Waals surface area contributed by atoms with Gasteiger partial charge in [-0.15, -0.1) is 11.3 Å².